The first kappa shape index (κ1) is 16.9. The zero-order valence-corrected chi connectivity index (χ0v) is 13.7. The van der Waals surface area contributed by atoms with E-state index in [4.69, 9.17) is 9.63 Å². The van der Waals surface area contributed by atoms with E-state index in [1.54, 1.807) is 4.90 Å². The van der Waals surface area contributed by atoms with Gasteiger partial charge < -0.3 is 19.8 Å². The maximum Gasteiger partial charge on any atom is 0.318 e. The number of piperidine rings is 1. The smallest absolute Gasteiger partial charge is 0.318 e. The number of carboxylic acid groups (broad SMARTS) is 1. The molecular weight excluding hydrogens is 324 g/mol. The van der Waals surface area contributed by atoms with Crippen LogP contribution in [-0.4, -0.2) is 45.2 Å². The largest absolute Gasteiger partial charge is 0.481 e. The molecule has 2 heterocycles. The van der Waals surface area contributed by atoms with Crippen LogP contribution in [0.15, 0.2) is 34.9 Å². The minimum Gasteiger partial charge on any atom is -0.481 e. The first-order valence-corrected chi connectivity index (χ1v) is 8.30. The molecular formula is C17H20N4O4. The molecule has 1 aliphatic heterocycles. The molecule has 1 saturated heterocycles. The Bertz CT molecular complexity index is 731. The molecule has 1 atom stereocenters. The van der Waals surface area contributed by atoms with Crippen LogP contribution in [0.4, 0.5) is 4.79 Å². The van der Waals surface area contributed by atoms with E-state index in [0.29, 0.717) is 18.3 Å². The molecule has 0 saturated carbocycles. The van der Waals surface area contributed by atoms with Crippen LogP contribution in [0.1, 0.15) is 37.6 Å². The predicted molar refractivity (Wildman–Crippen MR) is 88.7 cm³/mol. The highest BCUT2D eigenvalue weighted by Gasteiger charge is 2.32. The number of carbonyl (C=O) groups excluding carboxylic acids is 1. The number of aliphatic carboxylic acids is 1. The Balaban J connectivity index is 1.72. The molecule has 1 unspecified atom stereocenters. The summed E-state index contributed by atoms with van der Waals surface area (Å²) >= 11 is 0. The summed E-state index contributed by atoms with van der Waals surface area (Å²) in [5, 5.41) is 15.3. The molecule has 132 valence electrons. The molecule has 25 heavy (non-hydrogen) atoms. The highest BCUT2D eigenvalue weighted by molar-refractivity contribution is 5.75. The van der Waals surface area contributed by atoms with Crippen molar-refractivity contribution in [2.24, 2.45) is 0 Å². The van der Waals surface area contributed by atoms with E-state index < -0.39 is 5.97 Å². The molecule has 1 aromatic heterocycles. The number of hydrogen-bond acceptors (Lipinski definition) is 5. The zero-order valence-electron chi connectivity index (χ0n) is 13.7. The fraction of sp³-hybridized carbons (Fsp3) is 0.412. The minimum absolute atomic E-state index is 0.0937. The van der Waals surface area contributed by atoms with Crippen LogP contribution in [0.25, 0.3) is 11.4 Å². The summed E-state index contributed by atoms with van der Waals surface area (Å²) in [6.07, 6.45) is 2.49. The molecule has 0 spiro atoms. The van der Waals surface area contributed by atoms with Crippen LogP contribution in [-0.2, 0) is 4.79 Å². The number of hydrogen-bond donors (Lipinski definition) is 2. The third kappa shape index (κ3) is 4.14. The van der Waals surface area contributed by atoms with E-state index >= 15 is 0 Å². The van der Waals surface area contributed by atoms with Gasteiger partial charge in [0.15, 0.2) is 0 Å². The van der Waals surface area contributed by atoms with Crippen LogP contribution in [0.3, 0.4) is 0 Å². The number of nitrogens with zero attached hydrogens (tertiary/aromatic N) is 3. The summed E-state index contributed by atoms with van der Waals surface area (Å²) in [6, 6.07) is 8.91. The minimum atomic E-state index is -0.945. The average molecular weight is 344 g/mol. The van der Waals surface area contributed by atoms with Crippen LogP contribution >= 0.6 is 0 Å². The summed E-state index contributed by atoms with van der Waals surface area (Å²) < 4.78 is 5.40. The quantitative estimate of drug-likeness (QED) is 0.862. The Morgan fingerprint density at radius 3 is 2.84 bits per heavy atom. The molecule has 8 nitrogen and oxygen atoms in total. The van der Waals surface area contributed by atoms with E-state index in [1.807, 2.05) is 30.3 Å². The van der Waals surface area contributed by atoms with Gasteiger partial charge in [0.25, 0.3) is 0 Å². The van der Waals surface area contributed by atoms with Gasteiger partial charge >= 0.3 is 12.0 Å². The van der Waals surface area contributed by atoms with Crippen LogP contribution < -0.4 is 5.32 Å². The lowest BCUT2D eigenvalue weighted by molar-refractivity contribution is -0.136. The fourth-order valence-corrected chi connectivity index (χ4v) is 2.88. The Morgan fingerprint density at radius 2 is 2.08 bits per heavy atom. The Labute approximate surface area is 144 Å². The van der Waals surface area contributed by atoms with E-state index in [1.165, 1.54) is 0 Å². The van der Waals surface area contributed by atoms with Crippen molar-refractivity contribution >= 4 is 12.0 Å². The summed E-state index contributed by atoms with van der Waals surface area (Å²) in [5.74, 6) is -0.0424. The molecule has 2 aromatic rings. The Kier molecular flexibility index (Phi) is 5.27. The van der Waals surface area contributed by atoms with Crippen molar-refractivity contribution in [1.29, 1.82) is 0 Å². The first-order chi connectivity index (χ1) is 12.1. The zero-order chi connectivity index (χ0) is 17.6. The molecule has 1 aromatic carbocycles. The van der Waals surface area contributed by atoms with Gasteiger partial charge in [-0.3, -0.25) is 4.79 Å². The molecule has 0 radical (unpaired) electrons. The lowest BCUT2D eigenvalue weighted by Gasteiger charge is -2.33. The maximum atomic E-state index is 12.4. The fourth-order valence-electron chi connectivity index (χ4n) is 2.88. The predicted octanol–water partition coefficient (Wildman–Crippen LogP) is 2.45. The molecule has 1 fully saturated rings. The molecule has 2 N–H and O–H groups in total. The topological polar surface area (TPSA) is 109 Å². The van der Waals surface area contributed by atoms with E-state index in [-0.39, 0.29) is 25.0 Å². The number of urea groups is 1. The Morgan fingerprint density at radius 1 is 1.28 bits per heavy atom. The number of carbonyl (C=O) groups is 2. The highest BCUT2D eigenvalue weighted by atomic mass is 16.5. The van der Waals surface area contributed by atoms with Crippen molar-refractivity contribution in [3.05, 3.63) is 36.2 Å². The van der Waals surface area contributed by atoms with Crippen molar-refractivity contribution in [3.63, 3.8) is 0 Å². The van der Waals surface area contributed by atoms with E-state index in [2.05, 4.69) is 15.5 Å². The second-order valence-corrected chi connectivity index (χ2v) is 5.90. The summed E-state index contributed by atoms with van der Waals surface area (Å²) in [4.78, 5) is 29.1. The van der Waals surface area contributed by atoms with E-state index in [0.717, 1.165) is 24.8 Å². The van der Waals surface area contributed by atoms with Gasteiger partial charge in [0.2, 0.25) is 11.7 Å². The van der Waals surface area contributed by atoms with Gasteiger partial charge in [-0.15, -0.1) is 0 Å². The van der Waals surface area contributed by atoms with Crippen molar-refractivity contribution < 1.29 is 19.2 Å². The van der Waals surface area contributed by atoms with Gasteiger partial charge in [-0.2, -0.15) is 4.98 Å². The molecule has 8 heteroatoms. The molecule has 0 bridgehead atoms. The molecule has 3 rings (SSSR count). The second kappa shape index (κ2) is 7.78. The normalized spacial score (nSPS) is 17.3. The van der Waals surface area contributed by atoms with Crippen molar-refractivity contribution in [2.45, 2.75) is 31.7 Å². The summed E-state index contributed by atoms with van der Waals surface area (Å²) in [6.45, 7) is 0.670. The highest BCUT2D eigenvalue weighted by Crippen LogP contribution is 2.31. The summed E-state index contributed by atoms with van der Waals surface area (Å²) in [7, 11) is 0. The van der Waals surface area contributed by atoms with Crippen molar-refractivity contribution in [2.75, 3.05) is 13.1 Å². The standard InChI is InChI=1S/C17H20N4O4/c22-14(23)9-10-18-17(24)21-11-5-4-8-13(21)16-19-15(20-25-16)12-6-2-1-3-7-12/h1-3,6-7,13H,4-5,8-11H2,(H,18,24)(H,22,23). The van der Waals surface area contributed by atoms with Gasteiger partial charge in [-0.25, -0.2) is 4.79 Å². The maximum absolute atomic E-state index is 12.4. The second-order valence-electron chi connectivity index (χ2n) is 5.90. The van der Waals surface area contributed by atoms with Gasteiger partial charge in [-0.1, -0.05) is 35.5 Å². The number of amides is 2. The van der Waals surface area contributed by atoms with Crippen LogP contribution in [0, 0.1) is 0 Å². The first-order valence-electron chi connectivity index (χ1n) is 8.30. The molecule has 1 aliphatic rings. The van der Waals surface area contributed by atoms with Gasteiger partial charge in [0, 0.05) is 18.7 Å². The Hall–Kier alpha value is -2.90. The lowest BCUT2D eigenvalue weighted by Crippen LogP contribution is -2.45. The molecule has 0 aliphatic carbocycles. The van der Waals surface area contributed by atoms with Crippen LogP contribution in [0.2, 0.25) is 0 Å². The van der Waals surface area contributed by atoms with Gasteiger partial charge in [-0.05, 0) is 19.3 Å². The van der Waals surface area contributed by atoms with Crippen LogP contribution in [0.5, 0.6) is 0 Å². The summed E-state index contributed by atoms with van der Waals surface area (Å²) in [5.41, 5.74) is 0.853. The number of carboxylic acids is 1. The van der Waals surface area contributed by atoms with Crippen molar-refractivity contribution in [3.8, 4) is 11.4 Å². The van der Waals surface area contributed by atoms with E-state index in [9.17, 15) is 9.59 Å². The number of likely N-dealkylation sites (tertiary alicyclic amines) is 1. The SMILES string of the molecule is O=C(O)CCNC(=O)N1CCCCC1c1nc(-c2ccccc2)no1. The monoisotopic (exact) mass is 344 g/mol. The third-order valence-corrected chi connectivity index (χ3v) is 4.14. The number of nitrogens with one attached hydrogen (secondary N) is 1. The van der Waals surface area contributed by atoms with Gasteiger partial charge in [0.1, 0.15) is 6.04 Å². The molecule has 2 amide bonds. The number of rotatable bonds is 5. The lowest BCUT2D eigenvalue weighted by atomic mass is 10.0. The van der Waals surface area contributed by atoms with Gasteiger partial charge in [0.05, 0.1) is 6.42 Å². The third-order valence-electron chi connectivity index (χ3n) is 4.14. The number of aromatic nitrogens is 2. The number of benzene rings is 1. The average Bonchev–Trinajstić information content (AvgIpc) is 3.12. The van der Waals surface area contributed by atoms with Crippen molar-refractivity contribution in [1.82, 2.24) is 20.4 Å².